The maximum absolute atomic E-state index is 6.00. The molecular weight excluding hydrogens is 312 g/mol. The fourth-order valence-corrected chi connectivity index (χ4v) is 2.76. The summed E-state index contributed by atoms with van der Waals surface area (Å²) in [6, 6.07) is 17.9. The predicted molar refractivity (Wildman–Crippen MR) is 104 cm³/mol. The first-order chi connectivity index (χ1) is 12.3. The smallest absolute Gasteiger partial charge is 0.128 e. The Hall–Kier alpha value is -2.37. The van der Waals surface area contributed by atoms with E-state index >= 15 is 0 Å². The topological polar surface area (TPSA) is 40.1 Å². The van der Waals surface area contributed by atoms with Gasteiger partial charge in [0, 0.05) is 38.3 Å². The number of likely N-dealkylation sites (N-methyl/N-ethyl adjacent to an activating group) is 1. The fraction of sp³-hybridized carbons (Fsp3) is 0.350. The molecule has 1 aliphatic heterocycles. The van der Waals surface area contributed by atoms with Crippen LogP contribution in [0.25, 0.3) is 0 Å². The molecule has 5 heteroatoms. The van der Waals surface area contributed by atoms with Gasteiger partial charge >= 0.3 is 0 Å². The highest BCUT2D eigenvalue weighted by molar-refractivity contribution is 5.83. The molecule has 0 unspecified atom stereocenters. The minimum absolute atomic E-state index is 0.695. The molecule has 1 aliphatic rings. The standard InChI is InChI=1S/C20H26N4O/c1-23-11-13-24(14-12-23)15-16-25-20-10-6-5-7-18(20)17-21-22-19-8-3-2-4-9-19/h2-10,17,22H,11-16H2,1H3. The summed E-state index contributed by atoms with van der Waals surface area (Å²) in [7, 11) is 2.17. The van der Waals surface area contributed by atoms with Crippen LogP contribution in [0.5, 0.6) is 5.75 Å². The Labute approximate surface area is 149 Å². The molecule has 5 nitrogen and oxygen atoms in total. The molecule has 2 aromatic carbocycles. The maximum Gasteiger partial charge on any atom is 0.128 e. The molecule has 3 rings (SSSR count). The van der Waals surface area contributed by atoms with Gasteiger partial charge in [-0.15, -0.1) is 0 Å². The molecule has 0 spiro atoms. The third kappa shape index (κ3) is 5.59. The van der Waals surface area contributed by atoms with Crippen molar-refractivity contribution in [2.45, 2.75) is 0 Å². The number of nitrogens with one attached hydrogen (secondary N) is 1. The second kappa shape index (κ2) is 9.20. The molecule has 0 aliphatic carbocycles. The van der Waals surface area contributed by atoms with E-state index in [0.29, 0.717) is 6.61 Å². The Bertz CT molecular complexity index is 666. The molecule has 1 N–H and O–H groups in total. The van der Waals surface area contributed by atoms with E-state index in [1.54, 1.807) is 6.21 Å². The Kier molecular flexibility index (Phi) is 6.42. The monoisotopic (exact) mass is 338 g/mol. The van der Waals surface area contributed by atoms with Gasteiger partial charge in [-0.3, -0.25) is 10.3 Å². The molecule has 132 valence electrons. The lowest BCUT2D eigenvalue weighted by Gasteiger charge is -2.32. The van der Waals surface area contributed by atoms with Crippen LogP contribution in [0, 0.1) is 0 Å². The zero-order chi connectivity index (χ0) is 17.3. The number of nitrogens with zero attached hydrogens (tertiary/aromatic N) is 3. The molecule has 0 amide bonds. The molecule has 25 heavy (non-hydrogen) atoms. The number of ether oxygens (including phenoxy) is 1. The van der Waals surface area contributed by atoms with Gasteiger partial charge in [0.25, 0.3) is 0 Å². The van der Waals surface area contributed by atoms with Crippen molar-refractivity contribution in [1.29, 1.82) is 0 Å². The summed E-state index contributed by atoms with van der Waals surface area (Å²) in [5, 5.41) is 4.31. The van der Waals surface area contributed by atoms with Crippen LogP contribution >= 0.6 is 0 Å². The van der Waals surface area contributed by atoms with Crippen molar-refractivity contribution < 1.29 is 4.74 Å². The van der Waals surface area contributed by atoms with Gasteiger partial charge in [-0.05, 0) is 31.3 Å². The summed E-state index contributed by atoms with van der Waals surface area (Å²) in [5.41, 5.74) is 4.97. The molecule has 1 fully saturated rings. The Balaban J connectivity index is 1.50. The first-order valence-corrected chi connectivity index (χ1v) is 8.78. The number of piperazine rings is 1. The second-order valence-electron chi connectivity index (χ2n) is 6.27. The van der Waals surface area contributed by atoms with E-state index in [0.717, 1.165) is 49.7 Å². The summed E-state index contributed by atoms with van der Waals surface area (Å²) in [6.07, 6.45) is 1.80. The second-order valence-corrected chi connectivity index (χ2v) is 6.27. The molecule has 2 aromatic rings. The molecule has 0 saturated carbocycles. The van der Waals surface area contributed by atoms with Crippen LogP contribution in [0.15, 0.2) is 59.7 Å². The Morgan fingerprint density at radius 2 is 1.72 bits per heavy atom. The average molecular weight is 338 g/mol. The van der Waals surface area contributed by atoms with E-state index in [9.17, 15) is 0 Å². The van der Waals surface area contributed by atoms with Crippen molar-refractivity contribution in [2.24, 2.45) is 5.10 Å². The first-order valence-electron chi connectivity index (χ1n) is 8.78. The van der Waals surface area contributed by atoms with Crippen molar-refractivity contribution in [1.82, 2.24) is 9.80 Å². The van der Waals surface area contributed by atoms with Crippen LogP contribution < -0.4 is 10.2 Å². The number of hydrogen-bond acceptors (Lipinski definition) is 5. The van der Waals surface area contributed by atoms with Gasteiger partial charge in [-0.1, -0.05) is 30.3 Å². The van der Waals surface area contributed by atoms with E-state index in [2.05, 4.69) is 27.4 Å². The molecular formula is C20H26N4O. The largest absolute Gasteiger partial charge is 0.492 e. The van der Waals surface area contributed by atoms with Crippen molar-refractivity contribution >= 4 is 11.9 Å². The summed E-state index contributed by atoms with van der Waals surface area (Å²) in [6.45, 7) is 6.15. The normalized spacial score (nSPS) is 16.2. The minimum atomic E-state index is 0.695. The molecule has 0 radical (unpaired) electrons. The average Bonchev–Trinajstić information content (AvgIpc) is 2.65. The van der Waals surface area contributed by atoms with E-state index in [4.69, 9.17) is 4.74 Å². The Morgan fingerprint density at radius 1 is 1.00 bits per heavy atom. The molecule has 0 bridgehead atoms. The van der Waals surface area contributed by atoms with Crippen LogP contribution in [-0.4, -0.2) is 62.4 Å². The molecule has 1 saturated heterocycles. The van der Waals surface area contributed by atoms with Gasteiger partial charge in [0.1, 0.15) is 12.4 Å². The van der Waals surface area contributed by atoms with E-state index < -0.39 is 0 Å². The van der Waals surface area contributed by atoms with Crippen molar-refractivity contribution in [3.63, 3.8) is 0 Å². The van der Waals surface area contributed by atoms with Crippen molar-refractivity contribution in [3.05, 3.63) is 60.2 Å². The highest BCUT2D eigenvalue weighted by Crippen LogP contribution is 2.16. The highest BCUT2D eigenvalue weighted by Gasteiger charge is 2.13. The lowest BCUT2D eigenvalue weighted by atomic mass is 10.2. The number of hydrazone groups is 1. The Morgan fingerprint density at radius 3 is 2.52 bits per heavy atom. The van der Waals surface area contributed by atoms with Crippen LogP contribution in [0.3, 0.4) is 0 Å². The van der Waals surface area contributed by atoms with Gasteiger partial charge < -0.3 is 9.64 Å². The predicted octanol–water partition coefficient (Wildman–Crippen LogP) is 2.76. The minimum Gasteiger partial charge on any atom is -0.492 e. The first kappa shape index (κ1) is 17.5. The summed E-state index contributed by atoms with van der Waals surface area (Å²) in [4.78, 5) is 4.82. The quantitative estimate of drug-likeness (QED) is 0.622. The van der Waals surface area contributed by atoms with Gasteiger partial charge in [0.2, 0.25) is 0 Å². The number of rotatable bonds is 7. The summed E-state index contributed by atoms with van der Waals surface area (Å²) in [5.74, 6) is 0.871. The van der Waals surface area contributed by atoms with Crippen molar-refractivity contribution in [2.75, 3.05) is 51.8 Å². The number of benzene rings is 2. The summed E-state index contributed by atoms with van der Waals surface area (Å²) < 4.78 is 6.00. The van der Waals surface area contributed by atoms with Crippen LogP contribution in [0.4, 0.5) is 5.69 Å². The van der Waals surface area contributed by atoms with Crippen LogP contribution in [0.1, 0.15) is 5.56 Å². The molecule has 0 aromatic heterocycles. The van der Waals surface area contributed by atoms with Crippen LogP contribution in [0.2, 0.25) is 0 Å². The SMILES string of the molecule is CN1CCN(CCOc2ccccc2C=NNc2ccccc2)CC1. The fourth-order valence-electron chi connectivity index (χ4n) is 2.76. The van der Waals surface area contributed by atoms with Crippen LogP contribution in [-0.2, 0) is 0 Å². The molecule has 0 atom stereocenters. The lowest BCUT2D eigenvalue weighted by Crippen LogP contribution is -2.45. The van der Waals surface area contributed by atoms with Gasteiger partial charge in [0.15, 0.2) is 0 Å². The maximum atomic E-state index is 6.00. The number of hydrogen-bond donors (Lipinski definition) is 1. The van der Waals surface area contributed by atoms with Gasteiger partial charge in [-0.25, -0.2) is 0 Å². The molecule has 1 heterocycles. The number of para-hydroxylation sites is 2. The van der Waals surface area contributed by atoms with E-state index in [-0.39, 0.29) is 0 Å². The highest BCUT2D eigenvalue weighted by atomic mass is 16.5. The zero-order valence-corrected chi connectivity index (χ0v) is 14.8. The van der Waals surface area contributed by atoms with Crippen molar-refractivity contribution in [3.8, 4) is 5.75 Å². The number of anilines is 1. The van der Waals surface area contributed by atoms with E-state index in [1.165, 1.54) is 0 Å². The lowest BCUT2D eigenvalue weighted by molar-refractivity contribution is 0.133. The zero-order valence-electron chi connectivity index (χ0n) is 14.8. The van der Waals surface area contributed by atoms with E-state index in [1.807, 2.05) is 54.6 Å². The summed E-state index contributed by atoms with van der Waals surface area (Å²) >= 11 is 0. The van der Waals surface area contributed by atoms with Gasteiger partial charge in [0.05, 0.1) is 11.9 Å². The third-order valence-corrected chi connectivity index (χ3v) is 4.35. The third-order valence-electron chi connectivity index (χ3n) is 4.35. The van der Waals surface area contributed by atoms with Gasteiger partial charge in [-0.2, -0.15) is 5.10 Å².